The Hall–Kier alpha value is -0.900. The SMILES string of the molecule is Cc1nc(C2CCCOC2)n[nH]1. The van der Waals surface area contributed by atoms with Gasteiger partial charge in [-0.1, -0.05) is 0 Å². The van der Waals surface area contributed by atoms with Gasteiger partial charge in [-0.3, -0.25) is 5.10 Å². The van der Waals surface area contributed by atoms with E-state index in [0.717, 1.165) is 37.7 Å². The van der Waals surface area contributed by atoms with Crippen molar-refractivity contribution in [3.05, 3.63) is 11.6 Å². The van der Waals surface area contributed by atoms with Crippen LogP contribution in [0, 0.1) is 6.92 Å². The highest BCUT2D eigenvalue weighted by Gasteiger charge is 2.19. The molecule has 4 heteroatoms. The number of aryl methyl sites for hydroxylation is 1. The molecule has 2 rings (SSSR count). The minimum absolute atomic E-state index is 0.406. The Bertz CT molecular complexity index is 253. The molecule has 1 aliphatic heterocycles. The Morgan fingerprint density at radius 3 is 3.08 bits per heavy atom. The van der Waals surface area contributed by atoms with Crippen LogP contribution in [-0.2, 0) is 4.74 Å². The zero-order valence-electron chi connectivity index (χ0n) is 7.21. The smallest absolute Gasteiger partial charge is 0.156 e. The molecule has 1 atom stereocenters. The van der Waals surface area contributed by atoms with Crippen molar-refractivity contribution in [3.8, 4) is 0 Å². The van der Waals surface area contributed by atoms with Crippen LogP contribution in [-0.4, -0.2) is 28.4 Å². The number of rotatable bonds is 1. The summed E-state index contributed by atoms with van der Waals surface area (Å²) in [5.74, 6) is 2.20. The lowest BCUT2D eigenvalue weighted by atomic mass is 10.0. The molecule has 0 saturated carbocycles. The van der Waals surface area contributed by atoms with Gasteiger partial charge in [0.1, 0.15) is 5.82 Å². The van der Waals surface area contributed by atoms with Crippen molar-refractivity contribution in [2.45, 2.75) is 25.7 Å². The molecule has 1 N–H and O–H groups in total. The standard InChI is InChI=1S/C8H13N3O/c1-6-9-8(11-10-6)7-3-2-4-12-5-7/h7H,2-5H2,1H3,(H,9,10,11). The maximum Gasteiger partial charge on any atom is 0.156 e. The minimum Gasteiger partial charge on any atom is -0.381 e. The summed E-state index contributed by atoms with van der Waals surface area (Å²) in [7, 11) is 0. The van der Waals surface area contributed by atoms with Crippen LogP contribution >= 0.6 is 0 Å². The van der Waals surface area contributed by atoms with Crippen LogP contribution in [0.25, 0.3) is 0 Å². The van der Waals surface area contributed by atoms with Crippen LogP contribution in [0.3, 0.4) is 0 Å². The van der Waals surface area contributed by atoms with E-state index in [1.165, 1.54) is 0 Å². The molecule has 0 aliphatic carbocycles. The van der Waals surface area contributed by atoms with E-state index in [4.69, 9.17) is 4.74 Å². The molecule has 1 aromatic heterocycles. The molecule has 1 unspecified atom stereocenters. The Labute approximate surface area is 71.3 Å². The molecule has 1 aliphatic rings. The second kappa shape index (κ2) is 3.23. The predicted molar refractivity (Wildman–Crippen MR) is 43.9 cm³/mol. The largest absolute Gasteiger partial charge is 0.381 e. The molecule has 1 fully saturated rings. The third kappa shape index (κ3) is 1.48. The number of ether oxygens (including phenoxy) is 1. The Morgan fingerprint density at radius 2 is 2.50 bits per heavy atom. The van der Waals surface area contributed by atoms with Gasteiger partial charge < -0.3 is 4.74 Å². The molecular formula is C8H13N3O. The van der Waals surface area contributed by atoms with Crippen molar-refractivity contribution in [1.29, 1.82) is 0 Å². The number of nitrogens with one attached hydrogen (secondary N) is 1. The Kier molecular flexibility index (Phi) is 2.08. The van der Waals surface area contributed by atoms with Gasteiger partial charge in [0.05, 0.1) is 6.61 Å². The highest BCUT2D eigenvalue weighted by molar-refractivity contribution is 4.97. The number of nitrogens with zero attached hydrogens (tertiary/aromatic N) is 2. The van der Waals surface area contributed by atoms with Crippen LogP contribution < -0.4 is 0 Å². The first-order valence-electron chi connectivity index (χ1n) is 4.33. The lowest BCUT2D eigenvalue weighted by Crippen LogP contribution is -2.16. The number of aromatic nitrogens is 3. The van der Waals surface area contributed by atoms with Gasteiger partial charge in [0.25, 0.3) is 0 Å². The first-order valence-corrected chi connectivity index (χ1v) is 4.33. The number of aromatic amines is 1. The fourth-order valence-electron chi connectivity index (χ4n) is 1.49. The quantitative estimate of drug-likeness (QED) is 0.679. The lowest BCUT2D eigenvalue weighted by Gasteiger charge is -2.18. The fourth-order valence-corrected chi connectivity index (χ4v) is 1.49. The monoisotopic (exact) mass is 167 g/mol. The van der Waals surface area contributed by atoms with Gasteiger partial charge >= 0.3 is 0 Å². The zero-order chi connectivity index (χ0) is 8.39. The number of hydrogen-bond donors (Lipinski definition) is 1. The molecule has 4 nitrogen and oxygen atoms in total. The molecule has 66 valence electrons. The summed E-state index contributed by atoms with van der Waals surface area (Å²) < 4.78 is 5.35. The van der Waals surface area contributed by atoms with Gasteiger partial charge in [-0.25, -0.2) is 4.98 Å². The summed E-state index contributed by atoms with van der Waals surface area (Å²) in [5, 5.41) is 6.97. The Morgan fingerprint density at radius 1 is 1.58 bits per heavy atom. The van der Waals surface area contributed by atoms with Crippen LogP contribution in [0.5, 0.6) is 0 Å². The average molecular weight is 167 g/mol. The summed E-state index contributed by atoms with van der Waals surface area (Å²) >= 11 is 0. The van der Waals surface area contributed by atoms with Gasteiger partial charge in [0, 0.05) is 12.5 Å². The van der Waals surface area contributed by atoms with Crippen molar-refractivity contribution in [3.63, 3.8) is 0 Å². The normalized spacial score (nSPS) is 24.2. The van der Waals surface area contributed by atoms with Crippen molar-refractivity contribution in [1.82, 2.24) is 15.2 Å². The summed E-state index contributed by atoms with van der Waals surface area (Å²) in [6.45, 7) is 3.58. The van der Waals surface area contributed by atoms with Crippen molar-refractivity contribution < 1.29 is 4.74 Å². The van der Waals surface area contributed by atoms with E-state index in [1.54, 1.807) is 0 Å². The van der Waals surface area contributed by atoms with Crippen LogP contribution in [0.4, 0.5) is 0 Å². The van der Waals surface area contributed by atoms with Crippen molar-refractivity contribution in [2.75, 3.05) is 13.2 Å². The lowest BCUT2D eigenvalue weighted by molar-refractivity contribution is 0.0781. The van der Waals surface area contributed by atoms with Gasteiger partial charge in [-0.05, 0) is 19.8 Å². The van der Waals surface area contributed by atoms with E-state index >= 15 is 0 Å². The van der Waals surface area contributed by atoms with E-state index in [-0.39, 0.29) is 0 Å². The molecular weight excluding hydrogens is 154 g/mol. The number of hydrogen-bond acceptors (Lipinski definition) is 3. The molecule has 0 radical (unpaired) electrons. The second-order valence-corrected chi connectivity index (χ2v) is 3.19. The zero-order valence-corrected chi connectivity index (χ0v) is 7.21. The van der Waals surface area contributed by atoms with Crippen molar-refractivity contribution >= 4 is 0 Å². The van der Waals surface area contributed by atoms with Crippen molar-refractivity contribution in [2.24, 2.45) is 0 Å². The summed E-state index contributed by atoms with van der Waals surface area (Å²) in [5.41, 5.74) is 0. The molecule has 1 aromatic rings. The van der Waals surface area contributed by atoms with E-state index < -0.39 is 0 Å². The van der Waals surface area contributed by atoms with E-state index in [9.17, 15) is 0 Å². The molecule has 2 heterocycles. The van der Waals surface area contributed by atoms with E-state index in [0.29, 0.717) is 5.92 Å². The van der Waals surface area contributed by atoms with Gasteiger partial charge in [0.2, 0.25) is 0 Å². The first-order chi connectivity index (χ1) is 5.86. The average Bonchev–Trinajstić information content (AvgIpc) is 2.54. The second-order valence-electron chi connectivity index (χ2n) is 3.19. The highest BCUT2D eigenvalue weighted by atomic mass is 16.5. The molecule has 0 bridgehead atoms. The molecule has 0 spiro atoms. The summed E-state index contributed by atoms with van der Waals surface area (Å²) in [6.07, 6.45) is 2.27. The van der Waals surface area contributed by atoms with Gasteiger partial charge in [-0.2, -0.15) is 5.10 Å². The van der Waals surface area contributed by atoms with Crippen LogP contribution in [0.15, 0.2) is 0 Å². The van der Waals surface area contributed by atoms with Crippen LogP contribution in [0.1, 0.15) is 30.4 Å². The first kappa shape index (κ1) is 7.73. The summed E-state index contributed by atoms with van der Waals surface area (Å²) in [4.78, 5) is 4.29. The van der Waals surface area contributed by atoms with Gasteiger partial charge in [-0.15, -0.1) is 0 Å². The molecule has 0 amide bonds. The highest BCUT2D eigenvalue weighted by Crippen LogP contribution is 2.21. The number of H-pyrrole nitrogens is 1. The van der Waals surface area contributed by atoms with E-state index in [1.807, 2.05) is 6.92 Å². The predicted octanol–water partition coefficient (Wildman–Crippen LogP) is 1.01. The molecule has 1 saturated heterocycles. The summed E-state index contributed by atoms with van der Waals surface area (Å²) in [6, 6.07) is 0. The van der Waals surface area contributed by atoms with Crippen LogP contribution in [0.2, 0.25) is 0 Å². The molecule has 0 aromatic carbocycles. The maximum absolute atomic E-state index is 5.35. The topological polar surface area (TPSA) is 50.8 Å². The Balaban J connectivity index is 2.08. The minimum atomic E-state index is 0.406. The van der Waals surface area contributed by atoms with Gasteiger partial charge in [0.15, 0.2) is 5.82 Å². The third-order valence-corrected chi connectivity index (χ3v) is 2.14. The fraction of sp³-hybridized carbons (Fsp3) is 0.750. The maximum atomic E-state index is 5.35. The molecule has 12 heavy (non-hydrogen) atoms. The third-order valence-electron chi connectivity index (χ3n) is 2.14. The van der Waals surface area contributed by atoms with E-state index in [2.05, 4.69) is 15.2 Å².